The lowest BCUT2D eigenvalue weighted by Gasteiger charge is -2.24. The van der Waals surface area contributed by atoms with Crippen molar-refractivity contribution in [1.29, 1.82) is 0 Å². The van der Waals surface area contributed by atoms with Gasteiger partial charge in [0, 0.05) is 18.6 Å². The molecule has 2 aromatic rings. The standard InChI is InChI=1S/C19H22N2/c1-3-7-16-14(5-1)9-10-18(16)21-19-11-12-20-13-15-6-2-4-8-17(15)19/h1-8,18-21H,9-13H2. The Bertz CT molecular complexity index is 635. The zero-order valence-electron chi connectivity index (χ0n) is 12.3. The molecule has 0 fully saturated rings. The molecule has 0 saturated heterocycles. The molecule has 2 unspecified atom stereocenters. The van der Waals surface area contributed by atoms with E-state index >= 15 is 0 Å². The summed E-state index contributed by atoms with van der Waals surface area (Å²) in [4.78, 5) is 0. The van der Waals surface area contributed by atoms with Gasteiger partial charge >= 0.3 is 0 Å². The minimum Gasteiger partial charge on any atom is -0.313 e. The van der Waals surface area contributed by atoms with Crippen molar-refractivity contribution in [3.05, 3.63) is 70.8 Å². The van der Waals surface area contributed by atoms with Gasteiger partial charge in [-0.2, -0.15) is 0 Å². The van der Waals surface area contributed by atoms with Gasteiger partial charge in [0.25, 0.3) is 0 Å². The third-order valence-corrected chi connectivity index (χ3v) is 4.89. The van der Waals surface area contributed by atoms with Crippen LogP contribution in [0.25, 0.3) is 0 Å². The van der Waals surface area contributed by atoms with Crippen LogP contribution in [0.4, 0.5) is 0 Å². The highest BCUT2D eigenvalue weighted by molar-refractivity contribution is 5.36. The molecule has 0 radical (unpaired) electrons. The zero-order chi connectivity index (χ0) is 14.1. The van der Waals surface area contributed by atoms with Crippen LogP contribution in [0, 0.1) is 0 Å². The van der Waals surface area contributed by atoms with Crippen LogP contribution in [0.1, 0.15) is 47.2 Å². The van der Waals surface area contributed by atoms with E-state index in [-0.39, 0.29) is 0 Å². The molecular formula is C19H22N2. The Balaban J connectivity index is 1.61. The van der Waals surface area contributed by atoms with Gasteiger partial charge in [-0.15, -0.1) is 0 Å². The minimum atomic E-state index is 0.465. The number of fused-ring (bicyclic) bond motifs is 2. The number of nitrogens with one attached hydrogen (secondary N) is 2. The van der Waals surface area contributed by atoms with Crippen LogP contribution < -0.4 is 10.6 Å². The van der Waals surface area contributed by atoms with E-state index in [1.54, 1.807) is 0 Å². The molecule has 21 heavy (non-hydrogen) atoms. The SMILES string of the molecule is c1ccc2c(c1)CCC2NC1CCNCc2ccccc21. The van der Waals surface area contributed by atoms with Crippen LogP contribution in [-0.2, 0) is 13.0 Å². The summed E-state index contributed by atoms with van der Waals surface area (Å²) in [6.45, 7) is 2.08. The van der Waals surface area contributed by atoms with Gasteiger partial charge < -0.3 is 10.6 Å². The van der Waals surface area contributed by atoms with Crippen LogP contribution in [0.3, 0.4) is 0 Å². The van der Waals surface area contributed by atoms with Crippen LogP contribution in [0.2, 0.25) is 0 Å². The van der Waals surface area contributed by atoms with E-state index in [0.717, 1.165) is 19.5 Å². The summed E-state index contributed by atoms with van der Waals surface area (Å²) in [6, 6.07) is 18.7. The fourth-order valence-electron chi connectivity index (χ4n) is 3.81. The van der Waals surface area contributed by atoms with E-state index in [1.165, 1.54) is 35.1 Å². The number of hydrogen-bond acceptors (Lipinski definition) is 2. The highest BCUT2D eigenvalue weighted by Crippen LogP contribution is 2.34. The fourth-order valence-corrected chi connectivity index (χ4v) is 3.81. The van der Waals surface area contributed by atoms with Gasteiger partial charge in [-0.25, -0.2) is 0 Å². The maximum Gasteiger partial charge on any atom is 0.0341 e. The Kier molecular flexibility index (Phi) is 3.50. The first-order chi connectivity index (χ1) is 10.4. The van der Waals surface area contributed by atoms with Gasteiger partial charge in [0.2, 0.25) is 0 Å². The molecule has 2 atom stereocenters. The van der Waals surface area contributed by atoms with Crippen molar-refractivity contribution < 1.29 is 0 Å². The van der Waals surface area contributed by atoms with E-state index in [0.29, 0.717) is 12.1 Å². The molecule has 0 spiro atoms. The quantitative estimate of drug-likeness (QED) is 0.878. The summed E-state index contributed by atoms with van der Waals surface area (Å²) in [5.74, 6) is 0. The molecule has 0 amide bonds. The molecule has 2 aliphatic rings. The van der Waals surface area contributed by atoms with Gasteiger partial charge in [0.05, 0.1) is 0 Å². The fraction of sp³-hybridized carbons (Fsp3) is 0.368. The second kappa shape index (κ2) is 5.63. The molecule has 2 heteroatoms. The predicted molar refractivity (Wildman–Crippen MR) is 86.1 cm³/mol. The van der Waals surface area contributed by atoms with E-state index in [4.69, 9.17) is 0 Å². The van der Waals surface area contributed by atoms with Crippen LogP contribution >= 0.6 is 0 Å². The molecule has 4 rings (SSSR count). The van der Waals surface area contributed by atoms with Crippen molar-refractivity contribution >= 4 is 0 Å². The number of aryl methyl sites for hydroxylation is 1. The highest BCUT2D eigenvalue weighted by Gasteiger charge is 2.26. The zero-order valence-corrected chi connectivity index (χ0v) is 12.3. The van der Waals surface area contributed by atoms with Crippen molar-refractivity contribution in [2.24, 2.45) is 0 Å². The van der Waals surface area contributed by atoms with Gasteiger partial charge in [0.15, 0.2) is 0 Å². The minimum absolute atomic E-state index is 0.465. The monoisotopic (exact) mass is 278 g/mol. The maximum absolute atomic E-state index is 3.93. The lowest BCUT2D eigenvalue weighted by Crippen LogP contribution is -2.26. The van der Waals surface area contributed by atoms with E-state index in [2.05, 4.69) is 59.2 Å². The predicted octanol–water partition coefficient (Wildman–Crippen LogP) is 3.50. The summed E-state index contributed by atoms with van der Waals surface area (Å²) in [5.41, 5.74) is 5.95. The Morgan fingerprint density at radius 1 is 0.810 bits per heavy atom. The first-order valence-corrected chi connectivity index (χ1v) is 8.04. The molecule has 0 aromatic heterocycles. The molecule has 0 saturated carbocycles. The number of hydrogen-bond donors (Lipinski definition) is 2. The molecule has 108 valence electrons. The Morgan fingerprint density at radius 3 is 2.33 bits per heavy atom. The largest absolute Gasteiger partial charge is 0.313 e. The lowest BCUT2D eigenvalue weighted by atomic mass is 9.97. The van der Waals surface area contributed by atoms with Crippen molar-refractivity contribution in [1.82, 2.24) is 10.6 Å². The van der Waals surface area contributed by atoms with E-state index in [1.807, 2.05) is 0 Å². The molecular weight excluding hydrogens is 256 g/mol. The van der Waals surface area contributed by atoms with Crippen LogP contribution in [0.5, 0.6) is 0 Å². The lowest BCUT2D eigenvalue weighted by molar-refractivity contribution is 0.422. The maximum atomic E-state index is 3.93. The Labute approximate surface area is 126 Å². The summed E-state index contributed by atoms with van der Waals surface area (Å²) >= 11 is 0. The summed E-state index contributed by atoms with van der Waals surface area (Å²) in [5, 5.41) is 7.47. The molecule has 1 heterocycles. The second-order valence-corrected chi connectivity index (χ2v) is 6.17. The third kappa shape index (κ3) is 2.50. The smallest absolute Gasteiger partial charge is 0.0341 e. The topological polar surface area (TPSA) is 24.1 Å². The highest BCUT2D eigenvalue weighted by atomic mass is 15.0. The Morgan fingerprint density at radius 2 is 1.48 bits per heavy atom. The van der Waals surface area contributed by atoms with Gasteiger partial charge in [-0.3, -0.25) is 0 Å². The molecule has 2 nitrogen and oxygen atoms in total. The summed E-state index contributed by atoms with van der Waals surface area (Å²) < 4.78 is 0. The second-order valence-electron chi connectivity index (χ2n) is 6.17. The van der Waals surface area contributed by atoms with Crippen molar-refractivity contribution in [3.8, 4) is 0 Å². The van der Waals surface area contributed by atoms with Crippen molar-refractivity contribution in [3.63, 3.8) is 0 Å². The third-order valence-electron chi connectivity index (χ3n) is 4.89. The van der Waals surface area contributed by atoms with E-state index < -0.39 is 0 Å². The molecule has 2 aromatic carbocycles. The number of rotatable bonds is 2. The van der Waals surface area contributed by atoms with Crippen LogP contribution in [0.15, 0.2) is 48.5 Å². The molecule has 1 aliphatic carbocycles. The normalized spacial score (nSPS) is 24.2. The van der Waals surface area contributed by atoms with Gasteiger partial charge in [-0.05, 0) is 48.1 Å². The first kappa shape index (κ1) is 13.1. The molecule has 1 aliphatic heterocycles. The molecule has 0 bridgehead atoms. The summed E-state index contributed by atoms with van der Waals surface area (Å²) in [6.07, 6.45) is 3.60. The average molecular weight is 278 g/mol. The van der Waals surface area contributed by atoms with Crippen molar-refractivity contribution in [2.75, 3.05) is 6.54 Å². The van der Waals surface area contributed by atoms with E-state index in [9.17, 15) is 0 Å². The Hall–Kier alpha value is -1.64. The van der Waals surface area contributed by atoms with Crippen LogP contribution in [-0.4, -0.2) is 6.54 Å². The van der Waals surface area contributed by atoms with Gasteiger partial charge in [-0.1, -0.05) is 48.5 Å². The molecule has 2 N–H and O–H groups in total. The van der Waals surface area contributed by atoms with Gasteiger partial charge in [0.1, 0.15) is 0 Å². The van der Waals surface area contributed by atoms with Crippen molar-refractivity contribution in [2.45, 2.75) is 37.9 Å². The first-order valence-electron chi connectivity index (χ1n) is 8.04. The summed E-state index contributed by atoms with van der Waals surface area (Å²) in [7, 11) is 0. The average Bonchev–Trinajstić information content (AvgIpc) is 2.82. The number of benzene rings is 2.